The molecular weight excluding hydrogens is 314 g/mol. The van der Waals surface area contributed by atoms with Gasteiger partial charge in [-0.15, -0.1) is 0 Å². The van der Waals surface area contributed by atoms with Crippen molar-refractivity contribution >= 4 is 21.4 Å². The lowest BCUT2D eigenvalue weighted by Crippen LogP contribution is -2.32. The summed E-state index contributed by atoms with van der Waals surface area (Å²) in [7, 11) is -3.25. The molecule has 2 rings (SSSR count). The Morgan fingerprint density at radius 1 is 1.09 bits per heavy atom. The highest BCUT2D eigenvalue weighted by Gasteiger charge is 2.18. The molecule has 0 aliphatic carbocycles. The summed E-state index contributed by atoms with van der Waals surface area (Å²) in [6.45, 7) is 1.86. The van der Waals surface area contributed by atoms with Gasteiger partial charge in [-0.25, -0.2) is 8.42 Å². The van der Waals surface area contributed by atoms with Crippen molar-refractivity contribution in [3.05, 3.63) is 54.6 Å². The number of nitrogens with one attached hydrogen (secondary N) is 1. The summed E-state index contributed by atoms with van der Waals surface area (Å²) in [5, 5.41) is 2.73. The first kappa shape index (κ1) is 17.0. The molecule has 2 aromatic carbocycles. The highest BCUT2D eigenvalue weighted by atomic mass is 32.2. The predicted molar refractivity (Wildman–Crippen MR) is 89.3 cm³/mol. The largest absolute Gasteiger partial charge is 0.481 e. The fourth-order valence-corrected chi connectivity index (χ4v) is 2.62. The molecule has 0 aromatic heterocycles. The average molecular weight is 333 g/mol. The van der Waals surface area contributed by atoms with Crippen LogP contribution in [0.1, 0.15) is 13.3 Å². The first-order valence-corrected chi connectivity index (χ1v) is 9.12. The van der Waals surface area contributed by atoms with Gasteiger partial charge < -0.3 is 10.1 Å². The first-order valence-electron chi connectivity index (χ1n) is 7.23. The molecule has 0 heterocycles. The number of para-hydroxylation sites is 1. The summed E-state index contributed by atoms with van der Waals surface area (Å²) in [5.41, 5.74) is 0.525. The van der Waals surface area contributed by atoms with Gasteiger partial charge in [0.1, 0.15) is 5.75 Å². The molecule has 5 nitrogen and oxygen atoms in total. The Balaban J connectivity index is 2.04. The summed E-state index contributed by atoms with van der Waals surface area (Å²) in [5.74, 6) is 0.352. The Bertz CT molecular complexity index is 755. The van der Waals surface area contributed by atoms with Crippen molar-refractivity contribution < 1.29 is 17.9 Å². The Morgan fingerprint density at radius 3 is 2.22 bits per heavy atom. The van der Waals surface area contributed by atoms with Crippen LogP contribution in [-0.4, -0.2) is 26.7 Å². The summed E-state index contributed by atoms with van der Waals surface area (Å²) in [6, 6.07) is 15.2. The monoisotopic (exact) mass is 333 g/mol. The summed E-state index contributed by atoms with van der Waals surface area (Å²) in [4.78, 5) is 12.5. The van der Waals surface area contributed by atoms with Crippen LogP contribution in [-0.2, 0) is 14.6 Å². The van der Waals surface area contributed by atoms with E-state index in [1.165, 1.54) is 12.1 Å². The standard InChI is InChI=1S/C17H19NO4S/c1-3-16(22-14-7-5-4-6-8-14)17(19)18-13-9-11-15(12-10-13)23(2,20)21/h4-12,16H,3H2,1-2H3,(H,18,19)/t16-/m1/s1. The third-order valence-electron chi connectivity index (χ3n) is 3.23. The number of sulfone groups is 1. The first-order chi connectivity index (χ1) is 10.9. The molecule has 0 bridgehead atoms. The molecule has 23 heavy (non-hydrogen) atoms. The zero-order valence-electron chi connectivity index (χ0n) is 13.0. The van der Waals surface area contributed by atoms with Crippen LogP contribution in [0.5, 0.6) is 5.75 Å². The normalized spacial score (nSPS) is 12.4. The molecule has 0 saturated heterocycles. The maximum absolute atomic E-state index is 12.3. The van der Waals surface area contributed by atoms with Crippen LogP contribution in [0.25, 0.3) is 0 Å². The van der Waals surface area contributed by atoms with Crippen LogP contribution in [0.3, 0.4) is 0 Å². The molecule has 1 N–H and O–H groups in total. The van der Waals surface area contributed by atoms with E-state index < -0.39 is 15.9 Å². The third kappa shape index (κ3) is 4.82. The van der Waals surface area contributed by atoms with Crippen molar-refractivity contribution in [1.82, 2.24) is 0 Å². The second-order valence-electron chi connectivity index (χ2n) is 5.11. The minimum Gasteiger partial charge on any atom is -0.481 e. The number of carbonyl (C=O) groups is 1. The molecule has 0 aliphatic heterocycles. The number of ether oxygens (including phenoxy) is 1. The summed E-state index contributed by atoms with van der Waals surface area (Å²) >= 11 is 0. The molecule has 1 atom stereocenters. The van der Waals surface area contributed by atoms with E-state index in [4.69, 9.17) is 4.74 Å². The number of rotatable bonds is 6. The maximum atomic E-state index is 12.3. The molecule has 0 unspecified atom stereocenters. The highest BCUT2D eigenvalue weighted by molar-refractivity contribution is 7.90. The Morgan fingerprint density at radius 2 is 1.70 bits per heavy atom. The van der Waals surface area contributed by atoms with Crippen molar-refractivity contribution in [1.29, 1.82) is 0 Å². The molecule has 0 radical (unpaired) electrons. The number of hydrogen-bond donors (Lipinski definition) is 1. The van der Waals surface area contributed by atoms with Crippen LogP contribution in [0, 0.1) is 0 Å². The van der Waals surface area contributed by atoms with Crippen molar-refractivity contribution in [3.8, 4) is 5.75 Å². The van der Waals surface area contributed by atoms with Crippen molar-refractivity contribution in [2.45, 2.75) is 24.3 Å². The van der Waals surface area contributed by atoms with Gasteiger partial charge in [0.05, 0.1) is 4.90 Å². The number of carbonyl (C=O) groups excluding carboxylic acids is 1. The van der Waals surface area contributed by atoms with Crippen molar-refractivity contribution in [3.63, 3.8) is 0 Å². The quantitative estimate of drug-likeness (QED) is 0.882. The van der Waals surface area contributed by atoms with E-state index in [-0.39, 0.29) is 10.8 Å². The second-order valence-corrected chi connectivity index (χ2v) is 7.13. The predicted octanol–water partition coefficient (Wildman–Crippen LogP) is 2.89. The molecule has 122 valence electrons. The van der Waals surface area contributed by atoms with E-state index in [2.05, 4.69) is 5.32 Å². The number of anilines is 1. The van der Waals surface area contributed by atoms with Crippen molar-refractivity contribution in [2.24, 2.45) is 0 Å². The number of benzene rings is 2. The van der Waals surface area contributed by atoms with E-state index >= 15 is 0 Å². The maximum Gasteiger partial charge on any atom is 0.265 e. The Labute approximate surface area is 136 Å². The van der Waals surface area contributed by atoms with E-state index in [1.54, 1.807) is 24.3 Å². The molecule has 0 fully saturated rings. The summed E-state index contributed by atoms with van der Waals surface area (Å²) in [6.07, 6.45) is 1.04. The number of amides is 1. The molecule has 6 heteroatoms. The molecule has 1 amide bonds. The van der Waals surface area contributed by atoms with Gasteiger partial charge >= 0.3 is 0 Å². The van der Waals surface area contributed by atoms with Crippen molar-refractivity contribution in [2.75, 3.05) is 11.6 Å². The molecule has 0 saturated carbocycles. The zero-order chi connectivity index (χ0) is 16.9. The second kappa shape index (κ2) is 7.28. The lowest BCUT2D eigenvalue weighted by molar-refractivity contribution is -0.122. The van der Waals surface area contributed by atoms with Gasteiger partial charge in [0.2, 0.25) is 0 Å². The van der Waals surface area contributed by atoms with E-state index in [0.29, 0.717) is 17.9 Å². The molecular formula is C17H19NO4S. The van der Waals surface area contributed by atoms with Crippen LogP contribution in [0.15, 0.2) is 59.5 Å². The van der Waals surface area contributed by atoms with Crippen LogP contribution in [0.2, 0.25) is 0 Å². The summed E-state index contributed by atoms with van der Waals surface area (Å²) < 4.78 is 28.5. The van der Waals surface area contributed by atoms with Gasteiger partial charge in [0.15, 0.2) is 15.9 Å². The fourth-order valence-electron chi connectivity index (χ4n) is 1.99. The van der Waals surface area contributed by atoms with E-state index in [0.717, 1.165) is 6.26 Å². The van der Waals surface area contributed by atoms with Crippen LogP contribution in [0.4, 0.5) is 5.69 Å². The smallest absolute Gasteiger partial charge is 0.265 e. The molecule has 2 aromatic rings. The van der Waals surface area contributed by atoms with E-state index in [9.17, 15) is 13.2 Å². The van der Waals surface area contributed by atoms with Crippen LogP contribution < -0.4 is 10.1 Å². The van der Waals surface area contributed by atoms with Gasteiger partial charge in [-0.2, -0.15) is 0 Å². The topological polar surface area (TPSA) is 72.5 Å². The molecule has 0 aliphatic rings. The minimum absolute atomic E-state index is 0.211. The third-order valence-corrected chi connectivity index (χ3v) is 4.36. The van der Waals surface area contributed by atoms with E-state index in [1.807, 2.05) is 25.1 Å². The van der Waals surface area contributed by atoms with Gasteiger partial charge in [0, 0.05) is 11.9 Å². The minimum atomic E-state index is -3.25. The Kier molecular flexibility index (Phi) is 5.39. The lowest BCUT2D eigenvalue weighted by atomic mass is 10.2. The lowest BCUT2D eigenvalue weighted by Gasteiger charge is -2.17. The molecule has 0 spiro atoms. The van der Waals surface area contributed by atoms with Gasteiger partial charge in [-0.1, -0.05) is 25.1 Å². The fraction of sp³-hybridized carbons (Fsp3) is 0.235. The average Bonchev–Trinajstić information content (AvgIpc) is 2.53. The zero-order valence-corrected chi connectivity index (χ0v) is 13.8. The van der Waals surface area contributed by atoms with Gasteiger partial charge in [0.25, 0.3) is 5.91 Å². The SMILES string of the molecule is CC[C@@H](Oc1ccccc1)C(=O)Nc1ccc(S(C)(=O)=O)cc1. The highest BCUT2D eigenvalue weighted by Crippen LogP contribution is 2.16. The Hall–Kier alpha value is -2.34. The number of hydrogen-bond acceptors (Lipinski definition) is 4. The van der Waals surface area contributed by atoms with Gasteiger partial charge in [-0.3, -0.25) is 4.79 Å². The van der Waals surface area contributed by atoms with Gasteiger partial charge in [-0.05, 0) is 42.8 Å². The van der Waals surface area contributed by atoms with Crippen LogP contribution >= 0.6 is 0 Å².